The molecule has 0 amide bonds. The highest BCUT2D eigenvalue weighted by Gasteiger charge is 2.17. The minimum Gasteiger partial charge on any atom is -0.338 e. The summed E-state index contributed by atoms with van der Waals surface area (Å²) >= 11 is 0. The smallest absolute Gasteiger partial charge is 0.228 e. The van der Waals surface area contributed by atoms with E-state index in [2.05, 4.69) is 22.0 Å². The summed E-state index contributed by atoms with van der Waals surface area (Å²) in [5, 5.41) is 3.63. The fourth-order valence-corrected chi connectivity index (χ4v) is 1.51. The zero-order valence-electron chi connectivity index (χ0n) is 8.14. The Morgan fingerprint density at radius 2 is 2.14 bits per heavy atom. The molecule has 5 nitrogen and oxygen atoms in total. The number of anilines is 1. The van der Waals surface area contributed by atoms with Crippen molar-refractivity contribution in [2.24, 2.45) is 0 Å². The Labute approximate surface area is 82.3 Å². The third-order valence-corrected chi connectivity index (χ3v) is 2.45. The molecule has 0 saturated carbocycles. The molecule has 0 aliphatic carbocycles. The van der Waals surface area contributed by atoms with Gasteiger partial charge in [0.15, 0.2) is 6.29 Å². The molecule has 1 aliphatic heterocycles. The van der Waals surface area contributed by atoms with Crippen LogP contribution in [-0.4, -0.2) is 49.6 Å². The van der Waals surface area contributed by atoms with Crippen LogP contribution in [0.3, 0.4) is 0 Å². The van der Waals surface area contributed by atoms with Crippen LogP contribution in [0.5, 0.6) is 0 Å². The van der Waals surface area contributed by atoms with E-state index in [0.29, 0.717) is 17.9 Å². The zero-order chi connectivity index (χ0) is 9.97. The first-order valence-corrected chi connectivity index (χ1v) is 4.65. The molecule has 0 radical (unpaired) electrons. The van der Waals surface area contributed by atoms with Crippen molar-refractivity contribution in [1.82, 2.24) is 10.1 Å². The van der Waals surface area contributed by atoms with Crippen molar-refractivity contribution in [2.45, 2.75) is 0 Å². The summed E-state index contributed by atoms with van der Waals surface area (Å²) in [5.41, 5.74) is 0.360. The lowest BCUT2D eigenvalue weighted by molar-refractivity contribution is 0.111. The van der Waals surface area contributed by atoms with Crippen LogP contribution in [0.2, 0.25) is 0 Å². The molecule has 2 heterocycles. The first-order valence-electron chi connectivity index (χ1n) is 4.65. The fraction of sp³-hybridized carbons (Fsp3) is 0.556. The molecule has 1 fully saturated rings. The van der Waals surface area contributed by atoms with Crippen molar-refractivity contribution >= 4 is 12.2 Å². The molecule has 0 unspecified atom stereocenters. The van der Waals surface area contributed by atoms with E-state index in [-0.39, 0.29) is 0 Å². The fourth-order valence-electron chi connectivity index (χ4n) is 1.51. The third-order valence-electron chi connectivity index (χ3n) is 2.45. The lowest BCUT2D eigenvalue weighted by Gasteiger charge is -2.31. The van der Waals surface area contributed by atoms with Gasteiger partial charge in [-0.25, -0.2) is 0 Å². The topological polar surface area (TPSA) is 49.6 Å². The normalized spacial score (nSPS) is 18.5. The number of hydrogen-bond donors (Lipinski definition) is 0. The molecule has 1 saturated heterocycles. The third kappa shape index (κ3) is 1.77. The maximum atomic E-state index is 10.4. The predicted molar refractivity (Wildman–Crippen MR) is 51.6 cm³/mol. The number of aromatic nitrogens is 1. The van der Waals surface area contributed by atoms with Crippen molar-refractivity contribution in [1.29, 1.82) is 0 Å². The minimum atomic E-state index is 0.360. The largest absolute Gasteiger partial charge is 0.338 e. The van der Waals surface area contributed by atoms with Crippen LogP contribution in [0.25, 0.3) is 0 Å². The van der Waals surface area contributed by atoms with Gasteiger partial charge in [0.25, 0.3) is 0 Å². The van der Waals surface area contributed by atoms with E-state index in [1.165, 1.54) is 0 Å². The van der Waals surface area contributed by atoms with Gasteiger partial charge < -0.3 is 14.3 Å². The van der Waals surface area contributed by atoms with Gasteiger partial charge in [-0.05, 0) is 7.05 Å². The van der Waals surface area contributed by atoms with E-state index in [1.54, 1.807) is 6.07 Å². The molecule has 2 rings (SSSR count). The Morgan fingerprint density at radius 1 is 1.43 bits per heavy atom. The van der Waals surface area contributed by atoms with Crippen LogP contribution in [0.4, 0.5) is 5.88 Å². The van der Waals surface area contributed by atoms with Crippen LogP contribution in [0.15, 0.2) is 10.6 Å². The highest BCUT2D eigenvalue weighted by molar-refractivity contribution is 5.72. The first-order chi connectivity index (χ1) is 6.79. The number of nitrogens with zero attached hydrogens (tertiary/aromatic N) is 3. The summed E-state index contributed by atoms with van der Waals surface area (Å²) in [7, 11) is 2.09. The van der Waals surface area contributed by atoms with Gasteiger partial charge in [0.1, 0.15) is 5.69 Å². The van der Waals surface area contributed by atoms with Crippen LogP contribution in [-0.2, 0) is 0 Å². The predicted octanol–water partition coefficient (Wildman–Crippen LogP) is 0.239. The van der Waals surface area contributed by atoms with Gasteiger partial charge in [-0.1, -0.05) is 5.16 Å². The summed E-state index contributed by atoms with van der Waals surface area (Å²) in [6.07, 6.45) is 0.697. The molecular weight excluding hydrogens is 182 g/mol. The summed E-state index contributed by atoms with van der Waals surface area (Å²) in [6.45, 7) is 3.86. The van der Waals surface area contributed by atoms with E-state index in [4.69, 9.17) is 4.52 Å². The number of hydrogen-bond acceptors (Lipinski definition) is 5. The van der Waals surface area contributed by atoms with Gasteiger partial charge in [-0.15, -0.1) is 0 Å². The summed E-state index contributed by atoms with van der Waals surface area (Å²) < 4.78 is 5.06. The molecule has 76 valence electrons. The molecule has 1 aliphatic rings. The van der Waals surface area contributed by atoms with Crippen molar-refractivity contribution in [3.05, 3.63) is 11.8 Å². The molecule has 5 heteroatoms. The van der Waals surface area contributed by atoms with Crippen molar-refractivity contribution in [3.63, 3.8) is 0 Å². The number of carbonyl (C=O) groups is 1. The molecule has 0 N–H and O–H groups in total. The molecule has 1 aromatic rings. The van der Waals surface area contributed by atoms with E-state index in [0.717, 1.165) is 26.2 Å². The van der Waals surface area contributed by atoms with Gasteiger partial charge >= 0.3 is 0 Å². The van der Waals surface area contributed by atoms with Gasteiger partial charge in [0.05, 0.1) is 0 Å². The minimum absolute atomic E-state index is 0.360. The van der Waals surface area contributed by atoms with Crippen molar-refractivity contribution in [3.8, 4) is 0 Å². The number of aldehydes is 1. The van der Waals surface area contributed by atoms with Crippen molar-refractivity contribution in [2.75, 3.05) is 38.1 Å². The molecular formula is C9H13N3O2. The van der Waals surface area contributed by atoms with Gasteiger partial charge in [0, 0.05) is 32.2 Å². The second-order valence-electron chi connectivity index (χ2n) is 3.50. The Morgan fingerprint density at radius 3 is 2.71 bits per heavy atom. The van der Waals surface area contributed by atoms with Crippen molar-refractivity contribution < 1.29 is 9.32 Å². The van der Waals surface area contributed by atoms with E-state index in [9.17, 15) is 4.79 Å². The first kappa shape index (κ1) is 9.21. The molecule has 0 atom stereocenters. The van der Waals surface area contributed by atoms with Gasteiger partial charge in [0.2, 0.25) is 5.88 Å². The Bertz CT molecular complexity index is 316. The Hall–Kier alpha value is -1.36. The van der Waals surface area contributed by atoms with Gasteiger partial charge in [-0.2, -0.15) is 0 Å². The number of piperazine rings is 1. The lowest BCUT2D eigenvalue weighted by Crippen LogP contribution is -2.44. The standard InChI is InChI=1S/C9H13N3O2/c1-11-2-4-12(5-3-11)9-6-8(7-13)10-14-9/h6-7H,2-5H2,1H3. The maximum absolute atomic E-state index is 10.4. The van der Waals surface area contributed by atoms with E-state index >= 15 is 0 Å². The Kier molecular flexibility index (Phi) is 2.49. The second kappa shape index (κ2) is 3.79. The molecule has 0 aromatic carbocycles. The number of likely N-dealkylation sites (N-methyl/N-ethyl adjacent to an activating group) is 1. The number of rotatable bonds is 2. The maximum Gasteiger partial charge on any atom is 0.228 e. The SMILES string of the molecule is CN1CCN(c2cc(C=O)no2)CC1. The van der Waals surface area contributed by atoms with Crippen LogP contribution in [0, 0.1) is 0 Å². The van der Waals surface area contributed by atoms with Crippen LogP contribution >= 0.6 is 0 Å². The highest BCUT2D eigenvalue weighted by Crippen LogP contribution is 2.16. The summed E-state index contributed by atoms with van der Waals surface area (Å²) in [4.78, 5) is 14.8. The zero-order valence-corrected chi connectivity index (χ0v) is 8.14. The molecule has 1 aromatic heterocycles. The van der Waals surface area contributed by atoms with E-state index < -0.39 is 0 Å². The van der Waals surface area contributed by atoms with Crippen LogP contribution in [0.1, 0.15) is 10.5 Å². The quantitative estimate of drug-likeness (QED) is 0.633. The molecule has 14 heavy (non-hydrogen) atoms. The van der Waals surface area contributed by atoms with Gasteiger partial charge in [-0.3, -0.25) is 4.79 Å². The summed E-state index contributed by atoms with van der Waals surface area (Å²) in [6, 6.07) is 1.68. The average molecular weight is 195 g/mol. The number of carbonyl (C=O) groups excluding carboxylic acids is 1. The average Bonchev–Trinajstić information content (AvgIpc) is 2.67. The highest BCUT2D eigenvalue weighted by atomic mass is 16.5. The molecule has 0 spiro atoms. The lowest BCUT2D eigenvalue weighted by atomic mass is 10.3. The second-order valence-corrected chi connectivity index (χ2v) is 3.50. The molecule has 0 bridgehead atoms. The monoisotopic (exact) mass is 195 g/mol. The van der Waals surface area contributed by atoms with Crippen LogP contribution < -0.4 is 4.90 Å². The summed E-state index contributed by atoms with van der Waals surface area (Å²) in [5.74, 6) is 0.695. The Balaban J connectivity index is 2.04. The van der Waals surface area contributed by atoms with E-state index in [1.807, 2.05) is 0 Å².